The van der Waals surface area contributed by atoms with Gasteiger partial charge in [-0.15, -0.1) is 0 Å². The summed E-state index contributed by atoms with van der Waals surface area (Å²) < 4.78 is 0. The minimum absolute atomic E-state index is 0.266. The highest BCUT2D eigenvalue weighted by Gasteiger charge is 2.44. The van der Waals surface area contributed by atoms with Gasteiger partial charge in [-0.2, -0.15) is 5.10 Å². The van der Waals surface area contributed by atoms with Gasteiger partial charge in [0.05, 0.1) is 11.6 Å². The first-order valence-electron chi connectivity index (χ1n) is 9.69. The van der Waals surface area contributed by atoms with Crippen LogP contribution in [0.2, 0.25) is 0 Å². The number of fused-ring (bicyclic) bond motifs is 1. The molecular formula is C25H20N2O3. The second-order valence-corrected chi connectivity index (χ2v) is 7.16. The Morgan fingerprint density at radius 2 is 1.30 bits per heavy atom. The molecule has 1 atom stereocenters. The zero-order chi connectivity index (χ0) is 21.1. The molecule has 0 aromatic heterocycles. The summed E-state index contributed by atoms with van der Waals surface area (Å²) >= 11 is 0. The van der Waals surface area contributed by atoms with Crippen molar-refractivity contribution in [1.29, 1.82) is 0 Å². The van der Waals surface area contributed by atoms with Crippen molar-refractivity contribution < 1.29 is 14.4 Å². The van der Waals surface area contributed by atoms with Crippen LogP contribution in [0.15, 0.2) is 90.0 Å². The van der Waals surface area contributed by atoms with Crippen molar-refractivity contribution in [2.24, 2.45) is 11.0 Å². The van der Waals surface area contributed by atoms with E-state index < -0.39 is 11.8 Å². The maximum atomic E-state index is 13.9. The Morgan fingerprint density at radius 1 is 0.800 bits per heavy atom. The summed E-state index contributed by atoms with van der Waals surface area (Å²) in [6, 6.07) is 25.8. The number of nitrogens with zero attached hydrogens (tertiary/aromatic N) is 1. The highest BCUT2D eigenvalue weighted by molar-refractivity contribution is 6.38. The summed E-state index contributed by atoms with van der Waals surface area (Å²) in [5.74, 6) is -2.64. The quantitative estimate of drug-likeness (QED) is 0.527. The average molecular weight is 396 g/mol. The molecule has 30 heavy (non-hydrogen) atoms. The van der Waals surface area contributed by atoms with Crippen molar-refractivity contribution in [2.75, 3.05) is 0 Å². The van der Waals surface area contributed by atoms with Crippen molar-refractivity contribution >= 4 is 23.2 Å². The molecule has 0 spiro atoms. The molecule has 148 valence electrons. The van der Waals surface area contributed by atoms with E-state index in [0.29, 0.717) is 11.1 Å². The number of rotatable bonds is 5. The molecule has 0 heterocycles. The summed E-state index contributed by atoms with van der Waals surface area (Å²) in [6.45, 7) is 1.33. The zero-order valence-electron chi connectivity index (χ0n) is 16.4. The van der Waals surface area contributed by atoms with Gasteiger partial charge in [-0.3, -0.25) is 14.4 Å². The largest absolute Gasteiger partial charge is 0.297 e. The normalized spacial score (nSPS) is 16.5. The van der Waals surface area contributed by atoms with Gasteiger partial charge < -0.3 is 0 Å². The number of carbonyl (C=O) groups is 3. The lowest BCUT2D eigenvalue weighted by Crippen LogP contribution is -2.32. The van der Waals surface area contributed by atoms with Crippen LogP contribution in [0.1, 0.15) is 39.9 Å². The molecule has 0 saturated carbocycles. The van der Waals surface area contributed by atoms with Crippen LogP contribution in [0, 0.1) is 5.92 Å². The molecule has 3 aromatic carbocycles. The second kappa shape index (κ2) is 8.25. The van der Waals surface area contributed by atoms with Gasteiger partial charge in [-0.05, 0) is 11.1 Å². The number of nitrogens with one attached hydrogen (secondary N) is 1. The third-order valence-electron chi connectivity index (χ3n) is 5.17. The van der Waals surface area contributed by atoms with E-state index in [0.717, 1.165) is 11.1 Å². The second-order valence-electron chi connectivity index (χ2n) is 7.16. The van der Waals surface area contributed by atoms with Gasteiger partial charge in [-0.25, -0.2) is 5.43 Å². The predicted octanol–water partition coefficient (Wildman–Crippen LogP) is 3.74. The molecule has 5 heteroatoms. The summed E-state index contributed by atoms with van der Waals surface area (Å²) in [4.78, 5) is 38.6. The maximum absolute atomic E-state index is 13.9. The zero-order valence-corrected chi connectivity index (χ0v) is 16.4. The Hall–Kier alpha value is -3.86. The summed E-state index contributed by atoms with van der Waals surface area (Å²) in [5.41, 5.74) is 5.31. The lowest BCUT2D eigenvalue weighted by Gasteiger charge is -2.20. The van der Waals surface area contributed by atoms with E-state index >= 15 is 0 Å². The molecule has 0 radical (unpaired) electrons. The number of amides is 1. The topological polar surface area (TPSA) is 75.6 Å². The first-order valence-corrected chi connectivity index (χ1v) is 9.69. The molecule has 1 amide bonds. The first-order chi connectivity index (χ1) is 14.6. The smallest absolute Gasteiger partial charge is 0.236 e. The van der Waals surface area contributed by atoms with E-state index in [4.69, 9.17) is 0 Å². The Bertz CT molecular complexity index is 1100. The minimum atomic E-state index is -1.08. The number of carbonyl (C=O) groups excluding carboxylic acids is 3. The van der Waals surface area contributed by atoms with E-state index in [-0.39, 0.29) is 23.2 Å². The molecule has 0 aliphatic heterocycles. The monoisotopic (exact) mass is 396 g/mol. The van der Waals surface area contributed by atoms with E-state index in [2.05, 4.69) is 10.5 Å². The fraction of sp³-hybridized carbons (Fsp3) is 0.120. The van der Waals surface area contributed by atoms with Crippen LogP contribution in [-0.2, 0) is 9.59 Å². The van der Waals surface area contributed by atoms with Gasteiger partial charge in [0.1, 0.15) is 5.92 Å². The number of ketones is 2. The number of Topliss-reactive ketones (excluding diaryl/α,β-unsaturated/α-hetero) is 2. The standard InChI is InChI=1S/C25H20N2O3/c1-16(28)26-27-23-19-14-8-9-15-20(19)24(29)22(23)25(30)21(17-10-4-2-5-11-17)18-12-6-3-7-13-18/h2-15,21-22H,1H3,(H,26,28)/b27-23-. The van der Waals surface area contributed by atoms with Crippen molar-refractivity contribution in [3.05, 3.63) is 107 Å². The lowest BCUT2D eigenvalue weighted by molar-refractivity contribution is -0.121. The van der Waals surface area contributed by atoms with Crippen molar-refractivity contribution in [3.63, 3.8) is 0 Å². The molecule has 3 aromatic rings. The molecule has 1 aliphatic rings. The highest BCUT2D eigenvalue weighted by atomic mass is 16.2. The van der Waals surface area contributed by atoms with Crippen LogP contribution in [-0.4, -0.2) is 23.2 Å². The lowest BCUT2D eigenvalue weighted by atomic mass is 9.80. The summed E-state index contributed by atoms with van der Waals surface area (Å²) in [7, 11) is 0. The van der Waals surface area contributed by atoms with Crippen LogP contribution < -0.4 is 5.43 Å². The SMILES string of the molecule is CC(=O)N/N=C1/c2ccccc2C(=O)C1C(=O)C(c1ccccc1)c1ccccc1. The van der Waals surface area contributed by atoms with E-state index in [1.165, 1.54) is 6.92 Å². The van der Waals surface area contributed by atoms with Gasteiger partial charge >= 0.3 is 0 Å². The average Bonchev–Trinajstić information content (AvgIpc) is 3.06. The molecule has 1 N–H and O–H groups in total. The molecular weight excluding hydrogens is 376 g/mol. The molecule has 1 aliphatic carbocycles. The molecule has 0 fully saturated rings. The Labute approximate surface area is 174 Å². The number of hydrazone groups is 1. The van der Waals surface area contributed by atoms with Crippen LogP contribution in [0.3, 0.4) is 0 Å². The number of hydrogen-bond acceptors (Lipinski definition) is 4. The Morgan fingerprint density at radius 3 is 1.83 bits per heavy atom. The molecule has 1 unspecified atom stereocenters. The third kappa shape index (κ3) is 3.57. The highest BCUT2D eigenvalue weighted by Crippen LogP contribution is 2.35. The van der Waals surface area contributed by atoms with Gasteiger partial charge in [-0.1, -0.05) is 84.9 Å². The third-order valence-corrected chi connectivity index (χ3v) is 5.17. The van der Waals surface area contributed by atoms with Crippen molar-refractivity contribution in [3.8, 4) is 0 Å². The fourth-order valence-corrected chi connectivity index (χ4v) is 3.86. The van der Waals surface area contributed by atoms with Crippen LogP contribution in [0.5, 0.6) is 0 Å². The molecule has 4 rings (SSSR count). The first kappa shape index (κ1) is 19.5. The Balaban J connectivity index is 1.83. The van der Waals surface area contributed by atoms with Crippen molar-refractivity contribution in [2.45, 2.75) is 12.8 Å². The van der Waals surface area contributed by atoms with Gasteiger partial charge in [0, 0.05) is 18.1 Å². The molecule has 0 bridgehead atoms. The minimum Gasteiger partial charge on any atom is -0.297 e. The number of hydrogen-bond donors (Lipinski definition) is 1. The fourth-order valence-electron chi connectivity index (χ4n) is 3.86. The van der Waals surface area contributed by atoms with Crippen LogP contribution >= 0.6 is 0 Å². The van der Waals surface area contributed by atoms with Crippen LogP contribution in [0.25, 0.3) is 0 Å². The Kier molecular flexibility index (Phi) is 5.35. The van der Waals surface area contributed by atoms with E-state index in [1.54, 1.807) is 24.3 Å². The predicted molar refractivity (Wildman–Crippen MR) is 114 cm³/mol. The summed E-state index contributed by atoms with van der Waals surface area (Å²) in [6.07, 6.45) is 0. The maximum Gasteiger partial charge on any atom is 0.236 e. The van der Waals surface area contributed by atoms with Gasteiger partial charge in [0.2, 0.25) is 5.91 Å². The van der Waals surface area contributed by atoms with Gasteiger partial charge in [0.25, 0.3) is 0 Å². The van der Waals surface area contributed by atoms with Crippen LogP contribution in [0.4, 0.5) is 0 Å². The molecule has 5 nitrogen and oxygen atoms in total. The van der Waals surface area contributed by atoms with Crippen molar-refractivity contribution in [1.82, 2.24) is 5.43 Å². The van der Waals surface area contributed by atoms with Gasteiger partial charge in [0.15, 0.2) is 11.6 Å². The van der Waals surface area contributed by atoms with E-state index in [1.807, 2.05) is 60.7 Å². The summed E-state index contributed by atoms with van der Waals surface area (Å²) in [5, 5.41) is 4.16. The molecule has 0 saturated heterocycles. The number of benzene rings is 3. The van der Waals surface area contributed by atoms with E-state index in [9.17, 15) is 14.4 Å².